The Labute approximate surface area is 172 Å². The van der Waals surface area contributed by atoms with E-state index in [1.807, 2.05) is 30.5 Å². The van der Waals surface area contributed by atoms with Crippen LogP contribution < -0.4 is 10.1 Å². The van der Waals surface area contributed by atoms with Gasteiger partial charge in [-0.25, -0.2) is 0 Å². The monoisotopic (exact) mass is 546 g/mol. The van der Waals surface area contributed by atoms with Crippen LogP contribution >= 0.6 is 59.6 Å². The lowest BCUT2D eigenvalue weighted by molar-refractivity contribution is 0.194. The fourth-order valence-corrected chi connectivity index (χ4v) is 3.64. The summed E-state index contributed by atoms with van der Waals surface area (Å²) in [6.07, 6.45) is 1.33. The Balaban J connectivity index is 1.88. The van der Waals surface area contributed by atoms with E-state index in [4.69, 9.17) is 9.15 Å². The molecule has 3 aromatic rings. The molecule has 0 spiro atoms. The van der Waals surface area contributed by atoms with E-state index in [1.54, 1.807) is 0 Å². The highest BCUT2D eigenvalue weighted by molar-refractivity contribution is 9.13. The van der Waals surface area contributed by atoms with Crippen LogP contribution in [0.1, 0.15) is 12.0 Å². The molecule has 1 atom stereocenters. The highest BCUT2D eigenvalue weighted by Gasteiger charge is 2.28. The number of benzene rings is 1. The molecule has 25 heavy (non-hydrogen) atoms. The predicted octanol–water partition coefficient (Wildman–Crippen LogP) is 5.64. The van der Waals surface area contributed by atoms with E-state index in [0.29, 0.717) is 27.2 Å². The number of hydrogen-bond acceptors (Lipinski definition) is 7. The summed E-state index contributed by atoms with van der Waals surface area (Å²) in [4.78, 5) is 4.47. The molecule has 0 radical (unpaired) electrons. The van der Waals surface area contributed by atoms with Crippen molar-refractivity contribution >= 4 is 65.2 Å². The van der Waals surface area contributed by atoms with Crippen molar-refractivity contribution in [1.29, 1.82) is 0 Å². The van der Waals surface area contributed by atoms with Crippen molar-refractivity contribution in [2.45, 2.75) is 11.4 Å². The number of anilines is 1. The Bertz CT molecular complexity index is 946. The second-order valence-electron chi connectivity index (χ2n) is 5.05. The van der Waals surface area contributed by atoms with E-state index >= 15 is 0 Å². The molecular weight excluding hydrogens is 540 g/mol. The highest BCUT2D eigenvalue weighted by Crippen LogP contribution is 2.42. The van der Waals surface area contributed by atoms with Crippen molar-refractivity contribution in [2.24, 2.45) is 0 Å². The number of fused-ring (bicyclic) bond motifs is 3. The SMILES string of the molecule is CSc1nnc2c(n1)OC(c1cc(Br)c(Br)o1)Nc1ccc(Br)cc1-2. The maximum Gasteiger partial charge on any atom is 0.247 e. The van der Waals surface area contributed by atoms with Gasteiger partial charge in [-0.2, -0.15) is 4.98 Å². The zero-order valence-electron chi connectivity index (χ0n) is 12.6. The second kappa shape index (κ2) is 6.90. The van der Waals surface area contributed by atoms with Gasteiger partial charge in [0.15, 0.2) is 16.1 Å². The lowest BCUT2D eigenvalue weighted by Gasteiger charge is -2.16. The smallest absolute Gasteiger partial charge is 0.247 e. The van der Waals surface area contributed by atoms with Gasteiger partial charge in [-0.1, -0.05) is 27.7 Å². The Morgan fingerprint density at radius 3 is 2.72 bits per heavy atom. The number of hydrogen-bond donors (Lipinski definition) is 1. The molecule has 1 aliphatic heterocycles. The van der Waals surface area contributed by atoms with Gasteiger partial charge in [0.1, 0.15) is 0 Å². The molecule has 128 valence electrons. The molecule has 0 bridgehead atoms. The van der Waals surface area contributed by atoms with Crippen molar-refractivity contribution in [2.75, 3.05) is 11.6 Å². The van der Waals surface area contributed by atoms with Crippen molar-refractivity contribution in [3.63, 3.8) is 0 Å². The Morgan fingerprint density at radius 2 is 2.00 bits per heavy atom. The van der Waals surface area contributed by atoms with Gasteiger partial charge in [-0.05, 0) is 56.3 Å². The van der Waals surface area contributed by atoms with E-state index in [9.17, 15) is 0 Å². The standard InChI is InChI=1S/C15H9Br3N4O2S/c1-25-15-20-14-11(21-22-15)7-4-6(16)2-3-9(7)19-13(24-14)10-5-8(17)12(18)23-10/h2-5,13,19H,1H3. The molecule has 1 N–H and O–H groups in total. The van der Waals surface area contributed by atoms with Gasteiger partial charge in [-0.3, -0.25) is 0 Å². The van der Waals surface area contributed by atoms with E-state index < -0.39 is 6.23 Å². The number of furan rings is 1. The molecule has 1 aliphatic rings. The molecule has 1 unspecified atom stereocenters. The molecule has 10 heteroatoms. The molecule has 0 aliphatic carbocycles. The minimum atomic E-state index is -0.560. The van der Waals surface area contributed by atoms with Crippen LogP contribution in [-0.2, 0) is 0 Å². The molecule has 0 amide bonds. The number of thioether (sulfide) groups is 1. The van der Waals surface area contributed by atoms with Crippen LogP contribution in [0.25, 0.3) is 11.3 Å². The van der Waals surface area contributed by atoms with E-state index in [1.165, 1.54) is 11.8 Å². The molecule has 4 rings (SSSR count). The number of aromatic nitrogens is 3. The maximum absolute atomic E-state index is 6.09. The first-order valence-corrected chi connectivity index (χ1v) is 10.6. The molecule has 2 aromatic heterocycles. The van der Waals surface area contributed by atoms with Crippen molar-refractivity contribution in [3.8, 4) is 17.1 Å². The van der Waals surface area contributed by atoms with E-state index in [0.717, 1.165) is 20.2 Å². The molecular formula is C15H9Br3N4O2S. The highest BCUT2D eigenvalue weighted by atomic mass is 79.9. The normalized spacial score (nSPS) is 15.6. The summed E-state index contributed by atoms with van der Waals surface area (Å²) in [5.74, 6) is 1.00. The van der Waals surface area contributed by atoms with Gasteiger partial charge in [0, 0.05) is 21.8 Å². The van der Waals surface area contributed by atoms with Gasteiger partial charge in [0.2, 0.25) is 17.3 Å². The minimum Gasteiger partial charge on any atom is -0.447 e. The topological polar surface area (TPSA) is 73.1 Å². The van der Waals surface area contributed by atoms with Gasteiger partial charge in [0.25, 0.3) is 0 Å². The third kappa shape index (κ3) is 3.32. The third-order valence-corrected chi connectivity index (χ3v) is 6.23. The third-order valence-electron chi connectivity index (χ3n) is 3.49. The van der Waals surface area contributed by atoms with Crippen molar-refractivity contribution < 1.29 is 9.15 Å². The van der Waals surface area contributed by atoms with Gasteiger partial charge in [0.05, 0.1) is 4.47 Å². The molecule has 3 heterocycles. The van der Waals surface area contributed by atoms with Gasteiger partial charge >= 0.3 is 0 Å². The van der Waals surface area contributed by atoms with Crippen LogP contribution in [0.2, 0.25) is 0 Å². The fourth-order valence-electron chi connectivity index (χ4n) is 2.38. The van der Waals surface area contributed by atoms with E-state index in [-0.39, 0.29) is 0 Å². The fraction of sp³-hybridized carbons (Fsp3) is 0.133. The predicted molar refractivity (Wildman–Crippen MR) is 106 cm³/mol. The Morgan fingerprint density at radius 1 is 1.16 bits per heavy atom. The largest absolute Gasteiger partial charge is 0.447 e. The summed E-state index contributed by atoms with van der Waals surface area (Å²) in [7, 11) is 0. The Hall–Kier alpha value is -1.10. The first kappa shape index (κ1) is 17.3. The van der Waals surface area contributed by atoms with Crippen LogP contribution in [0.15, 0.2) is 47.5 Å². The number of ether oxygens (including phenoxy) is 1. The molecule has 0 fully saturated rings. The maximum atomic E-state index is 6.09. The minimum absolute atomic E-state index is 0.400. The summed E-state index contributed by atoms with van der Waals surface area (Å²) in [6, 6.07) is 7.69. The molecule has 1 aromatic carbocycles. The summed E-state index contributed by atoms with van der Waals surface area (Å²) in [5, 5.41) is 12.3. The van der Waals surface area contributed by atoms with Crippen LogP contribution in [0.5, 0.6) is 5.88 Å². The molecule has 0 saturated carbocycles. The second-order valence-corrected chi connectivity index (χ2v) is 8.32. The van der Waals surface area contributed by atoms with Gasteiger partial charge < -0.3 is 14.5 Å². The molecule has 0 saturated heterocycles. The summed E-state index contributed by atoms with van der Waals surface area (Å²) < 4.78 is 14.1. The van der Waals surface area contributed by atoms with Crippen LogP contribution in [0.4, 0.5) is 5.69 Å². The number of rotatable bonds is 2. The van der Waals surface area contributed by atoms with Gasteiger partial charge in [-0.15, -0.1) is 10.2 Å². The molecule has 6 nitrogen and oxygen atoms in total. The van der Waals surface area contributed by atoms with Crippen molar-refractivity contribution in [1.82, 2.24) is 15.2 Å². The van der Waals surface area contributed by atoms with Crippen LogP contribution in [0, 0.1) is 0 Å². The summed E-state index contributed by atoms with van der Waals surface area (Å²) >= 11 is 11.7. The van der Waals surface area contributed by atoms with Crippen molar-refractivity contribution in [3.05, 3.63) is 43.6 Å². The zero-order chi connectivity index (χ0) is 17.6. The first-order valence-electron chi connectivity index (χ1n) is 7.01. The van der Waals surface area contributed by atoms with Crippen LogP contribution in [0.3, 0.4) is 0 Å². The summed E-state index contributed by atoms with van der Waals surface area (Å²) in [5.41, 5.74) is 2.28. The lowest BCUT2D eigenvalue weighted by atomic mass is 10.1. The number of halogens is 3. The first-order chi connectivity index (χ1) is 12.0. The average Bonchev–Trinajstić information content (AvgIpc) is 2.85. The lowest BCUT2D eigenvalue weighted by Crippen LogP contribution is -2.16. The Kier molecular flexibility index (Phi) is 4.78. The van der Waals surface area contributed by atoms with E-state index in [2.05, 4.69) is 68.3 Å². The average molecular weight is 549 g/mol. The quantitative estimate of drug-likeness (QED) is 0.415. The number of nitrogens with zero attached hydrogens (tertiary/aromatic N) is 3. The zero-order valence-corrected chi connectivity index (χ0v) is 18.2. The van der Waals surface area contributed by atoms with Crippen LogP contribution in [-0.4, -0.2) is 21.4 Å². The summed E-state index contributed by atoms with van der Waals surface area (Å²) in [6.45, 7) is 0. The number of nitrogens with one attached hydrogen (secondary N) is 1.